The standard InChI is InChI=1S/C19H17N2.C11H7BrN.Ir/c1-14(2)18-11-12-20-19(21-18)17-10-6-9-16(13-17)15-7-4-3-5-8-15;12-10-6-7-13-11(8-10)9-4-2-1-3-5-9;/h3-9,11-14H,1-2H3;1-4,6-8H;/q2*-1;. The molecule has 35 heavy (non-hydrogen) atoms. The summed E-state index contributed by atoms with van der Waals surface area (Å²) in [6, 6.07) is 36.4. The van der Waals surface area contributed by atoms with Crippen molar-refractivity contribution < 1.29 is 20.1 Å². The first-order valence-electron chi connectivity index (χ1n) is 11.1. The number of nitrogens with zero attached hydrogens (tertiary/aromatic N) is 3. The van der Waals surface area contributed by atoms with E-state index in [1.807, 2.05) is 72.9 Å². The van der Waals surface area contributed by atoms with Crippen LogP contribution in [0.4, 0.5) is 0 Å². The van der Waals surface area contributed by atoms with Gasteiger partial charge in [0, 0.05) is 42.7 Å². The molecule has 0 aliphatic rings. The molecule has 0 saturated carbocycles. The van der Waals surface area contributed by atoms with Crippen LogP contribution >= 0.6 is 15.9 Å². The first-order chi connectivity index (χ1) is 16.6. The number of halogens is 1. The molecule has 5 aromatic rings. The molecular formula is C30H24BrIrN3-2. The molecule has 0 amide bonds. The van der Waals surface area contributed by atoms with E-state index in [4.69, 9.17) is 0 Å². The SMILES string of the molecule is Brc1ccnc(-c2[c-]cccc2)c1.CC(C)c1ccnc(-c2[c-]ccc(-c3ccccc3)c2)n1.[Ir]. The minimum absolute atomic E-state index is 0. The van der Waals surface area contributed by atoms with Crippen LogP contribution in [0.1, 0.15) is 25.5 Å². The number of hydrogen-bond donors (Lipinski definition) is 0. The zero-order chi connectivity index (χ0) is 23.8. The van der Waals surface area contributed by atoms with Crippen LogP contribution in [-0.4, -0.2) is 15.0 Å². The Morgan fingerprint density at radius 1 is 0.714 bits per heavy atom. The molecule has 0 bridgehead atoms. The van der Waals surface area contributed by atoms with Crippen LogP contribution in [0, 0.1) is 12.1 Å². The number of aromatic nitrogens is 3. The third-order valence-corrected chi connectivity index (χ3v) is 5.62. The molecule has 5 heteroatoms. The normalized spacial score (nSPS) is 10.2. The molecule has 3 aromatic carbocycles. The van der Waals surface area contributed by atoms with Crippen molar-refractivity contribution in [3.05, 3.63) is 126 Å². The largest absolute Gasteiger partial charge is 0.305 e. The van der Waals surface area contributed by atoms with E-state index in [-0.39, 0.29) is 20.1 Å². The molecule has 177 valence electrons. The monoisotopic (exact) mass is 698 g/mol. The van der Waals surface area contributed by atoms with Gasteiger partial charge in [0.25, 0.3) is 0 Å². The minimum atomic E-state index is 0. The van der Waals surface area contributed by atoms with Crippen molar-refractivity contribution in [3.8, 4) is 33.8 Å². The number of rotatable bonds is 4. The summed E-state index contributed by atoms with van der Waals surface area (Å²) in [7, 11) is 0. The minimum Gasteiger partial charge on any atom is -0.305 e. The molecule has 0 aliphatic carbocycles. The van der Waals surface area contributed by atoms with Crippen molar-refractivity contribution >= 4 is 15.9 Å². The maximum Gasteiger partial charge on any atom is 0.0751 e. The average molecular weight is 699 g/mol. The first-order valence-corrected chi connectivity index (χ1v) is 11.9. The topological polar surface area (TPSA) is 38.7 Å². The number of hydrogen-bond acceptors (Lipinski definition) is 3. The predicted molar refractivity (Wildman–Crippen MR) is 142 cm³/mol. The van der Waals surface area contributed by atoms with Gasteiger partial charge in [-0.05, 0) is 29.3 Å². The third kappa shape index (κ3) is 7.50. The van der Waals surface area contributed by atoms with Crippen LogP contribution in [0.3, 0.4) is 0 Å². The molecule has 0 N–H and O–H groups in total. The molecule has 0 fully saturated rings. The van der Waals surface area contributed by atoms with Gasteiger partial charge in [-0.2, -0.15) is 0 Å². The van der Waals surface area contributed by atoms with E-state index in [9.17, 15) is 0 Å². The molecule has 3 nitrogen and oxygen atoms in total. The smallest absolute Gasteiger partial charge is 0.0751 e. The van der Waals surface area contributed by atoms with Crippen LogP contribution in [0.15, 0.2) is 108 Å². The van der Waals surface area contributed by atoms with Gasteiger partial charge < -0.3 is 4.98 Å². The predicted octanol–water partition coefficient (Wildman–Crippen LogP) is 8.04. The quantitative estimate of drug-likeness (QED) is 0.179. The first kappa shape index (κ1) is 26.6. The van der Waals surface area contributed by atoms with Gasteiger partial charge in [0.2, 0.25) is 0 Å². The van der Waals surface area contributed by atoms with Crippen molar-refractivity contribution in [3.63, 3.8) is 0 Å². The van der Waals surface area contributed by atoms with E-state index in [0.717, 1.165) is 38.4 Å². The van der Waals surface area contributed by atoms with Crippen LogP contribution in [0.2, 0.25) is 0 Å². The second-order valence-electron chi connectivity index (χ2n) is 7.95. The van der Waals surface area contributed by atoms with E-state index in [1.54, 1.807) is 6.20 Å². The van der Waals surface area contributed by atoms with E-state index >= 15 is 0 Å². The Balaban J connectivity index is 0.000000211. The second-order valence-corrected chi connectivity index (χ2v) is 8.87. The van der Waals surface area contributed by atoms with Gasteiger partial charge in [0.1, 0.15) is 0 Å². The summed E-state index contributed by atoms with van der Waals surface area (Å²) in [4.78, 5) is 13.3. The van der Waals surface area contributed by atoms with Crippen LogP contribution in [-0.2, 0) is 20.1 Å². The zero-order valence-corrected chi connectivity index (χ0v) is 23.4. The number of pyridine rings is 1. The van der Waals surface area contributed by atoms with Crippen molar-refractivity contribution in [2.75, 3.05) is 0 Å². The van der Waals surface area contributed by atoms with Crippen molar-refractivity contribution in [1.29, 1.82) is 0 Å². The summed E-state index contributed by atoms with van der Waals surface area (Å²) in [6.45, 7) is 4.27. The van der Waals surface area contributed by atoms with E-state index in [1.165, 1.54) is 5.56 Å². The van der Waals surface area contributed by atoms with Crippen molar-refractivity contribution in [2.45, 2.75) is 19.8 Å². The van der Waals surface area contributed by atoms with Crippen molar-refractivity contribution in [2.24, 2.45) is 0 Å². The van der Waals surface area contributed by atoms with Crippen molar-refractivity contribution in [1.82, 2.24) is 15.0 Å². The Morgan fingerprint density at radius 3 is 2.17 bits per heavy atom. The molecule has 1 radical (unpaired) electrons. The maximum absolute atomic E-state index is 4.63. The van der Waals surface area contributed by atoms with E-state index < -0.39 is 0 Å². The van der Waals surface area contributed by atoms with Gasteiger partial charge in [-0.25, -0.2) is 0 Å². The summed E-state index contributed by atoms with van der Waals surface area (Å²) < 4.78 is 1.04. The Kier molecular flexibility index (Phi) is 10.0. The molecule has 0 atom stereocenters. The van der Waals surface area contributed by atoms with Gasteiger partial charge in [-0.3, -0.25) is 9.97 Å². The Bertz CT molecular complexity index is 1340. The Hall–Kier alpha value is -2.98. The van der Waals surface area contributed by atoms with E-state index in [2.05, 4.69) is 81.1 Å². The maximum atomic E-state index is 4.63. The molecule has 0 spiro atoms. The Morgan fingerprint density at radius 2 is 1.46 bits per heavy atom. The van der Waals surface area contributed by atoms with Gasteiger partial charge >= 0.3 is 0 Å². The fourth-order valence-electron chi connectivity index (χ4n) is 3.33. The second kappa shape index (κ2) is 13.2. The van der Waals surface area contributed by atoms with Crippen LogP contribution in [0.5, 0.6) is 0 Å². The molecular weight excluding hydrogens is 674 g/mol. The summed E-state index contributed by atoms with van der Waals surface area (Å²) in [5, 5.41) is 0. The fraction of sp³-hybridized carbons (Fsp3) is 0.100. The molecule has 5 rings (SSSR count). The molecule has 2 aromatic heterocycles. The Labute approximate surface area is 229 Å². The van der Waals surface area contributed by atoms with Gasteiger partial charge in [0.15, 0.2) is 0 Å². The third-order valence-electron chi connectivity index (χ3n) is 5.13. The summed E-state index contributed by atoms with van der Waals surface area (Å²) in [6.07, 6.45) is 3.60. The summed E-state index contributed by atoms with van der Waals surface area (Å²) >= 11 is 3.41. The van der Waals surface area contributed by atoms with Gasteiger partial charge in [-0.15, -0.1) is 71.3 Å². The van der Waals surface area contributed by atoms with E-state index in [0.29, 0.717) is 5.92 Å². The van der Waals surface area contributed by atoms with Gasteiger partial charge in [-0.1, -0.05) is 66.2 Å². The van der Waals surface area contributed by atoms with Crippen LogP contribution in [0.25, 0.3) is 33.8 Å². The zero-order valence-electron chi connectivity index (χ0n) is 19.4. The summed E-state index contributed by atoms with van der Waals surface area (Å²) in [5.74, 6) is 1.13. The molecule has 0 saturated heterocycles. The molecule has 2 heterocycles. The number of benzene rings is 3. The summed E-state index contributed by atoms with van der Waals surface area (Å²) in [5.41, 5.74) is 6.28. The van der Waals surface area contributed by atoms with Gasteiger partial charge in [0.05, 0.1) is 5.82 Å². The molecule has 0 aliphatic heterocycles. The van der Waals surface area contributed by atoms with Crippen LogP contribution < -0.4 is 0 Å². The molecule has 0 unspecified atom stereocenters. The average Bonchev–Trinajstić information content (AvgIpc) is 2.90. The fourth-order valence-corrected chi connectivity index (χ4v) is 3.67.